The normalized spacial score (nSPS) is 13.6. The third kappa shape index (κ3) is 5.98. The predicted molar refractivity (Wildman–Crippen MR) is 103 cm³/mol. The molecule has 0 fully saturated rings. The lowest BCUT2D eigenvalue weighted by molar-refractivity contribution is 0.0651. The summed E-state index contributed by atoms with van der Waals surface area (Å²) in [5.74, 6) is -0.248. The van der Waals surface area contributed by atoms with Crippen molar-refractivity contribution < 1.29 is 9.59 Å². The maximum Gasteiger partial charge on any atom is 0.261 e. The molecular weight excluding hydrogens is 310 g/mol. The number of hydrogen-bond donors (Lipinski definition) is 0. The molecule has 0 bridgehead atoms. The molecule has 2 amide bonds. The molecule has 137 valence electrons. The average Bonchev–Trinajstić information content (AvgIpc) is 2.87. The first-order chi connectivity index (χ1) is 12.3. The number of nitrogens with zero attached hydrogens (tertiary/aromatic N) is 1. The number of benzene rings is 1. The molecule has 1 aromatic carbocycles. The van der Waals surface area contributed by atoms with Crippen LogP contribution in [0.2, 0.25) is 0 Å². The zero-order valence-corrected chi connectivity index (χ0v) is 15.6. The van der Waals surface area contributed by atoms with Crippen molar-refractivity contribution in [1.82, 2.24) is 4.90 Å². The van der Waals surface area contributed by atoms with Crippen LogP contribution in [-0.2, 0) is 0 Å². The van der Waals surface area contributed by atoms with Crippen molar-refractivity contribution in [2.45, 2.75) is 77.6 Å². The molecule has 1 aromatic rings. The topological polar surface area (TPSA) is 37.4 Å². The lowest BCUT2D eigenvalue weighted by atomic mass is 10.1. The van der Waals surface area contributed by atoms with Crippen molar-refractivity contribution in [1.29, 1.82) is 0 Å². The lowest BCUT2D eigenvalue weighted by Crippen LogP contribution is -2.30. The first kappa shape index (κ1) is 19.7. The molecule has 1 aliphatic heterocycles. The van der Waals surface area contributed by atoms with Gasteiger partial charge in [-0.15, -0.1) is 0 Å². The standard InChI is InChI=1S/C22H32NO2/c1-2-3-4-5-6-7-8-9-10-11-12-15-18-23-21(24)19-16-13-14-17-20(19)22(23)25/h2,13-14,16-17H,3-12,15,18H2,1H3. The van der Waals surface area contributed by atoms with Gasteiger partial charge in [-0.3, -0.25) is 14.5 Å². The summed E-state index contributed by atoms with van der Waals surface area (Å²) in [4.78, 5) is 25.9. The summed E-state index contributed by atoms with van der Waals surface area (Å²) in [6.45, 7) is 2.69. The monoisotopic (exact) mass is 342 g/mol. The number of imide groups is 1. The number of hydrogen-bond acceptors (Lipinski definition) is 2. The highest BCUT2D eigenvalue weighted by Crippen LogP contribution is 2.23. The van der Waals surface area contributed by atoms with E-state index in [-0.39, 0.29) is 11.8 Å². The fourth-order valence-electron chi connectivity index (χ4n) is 3.47. The van der Waals surface area contributed by atoms with Gasteiger partial charge in [0.2, 0.25) is 0 Å². The molecule has 0 atom stereocenters. The van der Waals surface area contributed by atoms with Crippen LogP contribution in [0.25, 0.3) is 0 Å². The van der Waals surface area contributed by atoms with Crippen LogP contribution in [0.4, 0.5) is 0 Å². The highest BCUT2D eigenvalue weighted by Gasteiger charge is 2.34. The van der Waals surface area contributed by atoms with Gasteiger partial charge in [0.1, 0.15) is 0 Å². The molecule has 0 saturated heterocycles. The Morgan fingerprint density at radius 3 is 1.64 bits per heavy atom. The number of carbonyl (C=O) groups excluding carboxylic acids is 2. The SMILES string of the molecule is C[CH]CCCCCCCCCCCCN1C(=O)c2ccccc2C1=O. The Morgan fingerprint density at radius 1 is 0.720 bits per heavy atom. The molecule has 25 heavy (non-hydrogen) atoms. The van der Waals surface area contributed by atoms with E-state index in [1.165, 1.54) is 62.7 Å². The van der Waals surface area contributed by atoms with E-state index in [2.05, 4.69) is 13.3 Å². The minimum Gasteiger partial charge on any atom is -0.274 e. The molecule has 2 rings (SSSR count). The highest BCUT2D eigenvalue weighted by molar-refractivity contribution is 6.21. The Bertz CT molecular complexity index is 518. The van der Waals surface area contributed by atoms with E-state index < -0.39 is 0 Å². The summed E-state index contributed by atoms with van der Waals surface area (Å²) in [5, 5.41) is 0. The fourth-order valence-corrected chi connectivity index (χ4v) is 3.47. The summed E-state index contributed by atoms with van der Waals surface area (Å²) in [6, 6.07) is 7.12. The Labute approximate surface area is 152 Å². The van der Waals surface area contributed by atoms with Crippen molar-refractivity contribution in [3.63, 3.8) is 0 Å². The predicted octanol–water partition coefficient (Wildman–Crippen LogP) is 5.80. The lowest BCUT2D eigenvalue weighted by Gasteiger charge is -2.13. The van der Waals surface area contributed by atoms with Crippen LogP contribution in [0.15, 0.2) is 24.3 Å². The van der Waals surface area contributed by atoms with Gasteiger partial charge in [-0.2, -0.15) is 0 Å². The smallest absolute Gasteiger partial charge is 0.261 e. The van der Waals surface area contributed by atoms with Gasteiger partial charge in [-0.25, -0.2) is 0 Å². The Hall–Kier alpha value is -1.64. The van der Waals surface area contributed by atoms with Gasteiger partial charge in [-0.05, 0) is 25.0 Å². The highest BCUT2D eigenvalue weighted by atomic mass is 16.2. The zero-order valence-electron chi connectivity index (χ0n) is 15.6. The molecule has 0 aromatic heterocycles. The number of rotatable bonds is 13. The van der Waals surface area contributed by atoms with Crippen molar-refractivity contribution in [3.8, 4) is 0 Å². The summed E-state index contributed by atoms with van der Waals surface area (Å²) in [6.07, 6.45) is 16.1. The van der Waals surface area contributed by atoms with E-state index in [0.29, 0.717) is 17.7 Å². The zero-order chi connectivity index (χ0) is 17.9. The maximum atomic E-state index is 12.2. The fraction of sp³-hybridized carbons (Fsp3) is 0.591. The Kier molecular flexibility index (Phi) is 8.71. The van der Waals surface area contributed by atoms with Gasteiger partial charge in [0.05, 0.1) is 11.1 Å². The van der Waals surface area contributed by atoms with Crippen LogP contribution in [0.1, 0.15) is 98.3 Å². The molecule has 0 spiro atoms. The van der Waals surface area contributed by atoms with Crippen molar-refractivity contribution in [2.75, 3.05) is 6.54 Å². The Morgan fingerprint density at radius 2 is 1.16 bits per heavy atom. The molecular formula is C22H32NO2. The number of unbranched alkanes of at least 4 members (excludes halogenated alkanes) is 11. The molecule has 0 N–H and O–H groups in total. The van der Waals surface area contributed by atoms with Crippen molar-refractivity contribution in [2.24, 2.45) is 0 Å². The van der Waals surface area contributed by atoms with Crippen LogP contribution in [0, 0.1) is 6.42 Å². The molecule has 3 heteroatoms. The summed E-state index contributed by atoms with van der Waals surface area (Å²) >= 11 is 0. The third-order valence-corrected chi connectivity index (χ3v) is 5.00. The number of amides is 2. The van der Waals surface area contributed by atoms with E-state index in [4.69, 9.17) is 0 Å². The molecule has 1 radical (unpaired) electrons. The second-order valence-electron chi connectivity index (χ2n) is 7.04. The first-order valence-corrected chi connectivity index (χ1v) is 9.98. The summed E-state index contributed by atoms with van der Waals surface area (Å²) < 4.78 is 0. The van der Waals surface area contributed by atoms with Crippen LogP contribution in [0.5, 0.6) is 0 Å². The van der Waals surface area contributed by atoms with Gasteiger partial charge >= 0.3 is 0 Å². The van der Waals surface area contributed by atoms with Crippen LogP contribution in [0.3, 0.4) is 0 Å². The van der Waals surface area contributed by atoms with Gasteiger partial charge in [0.15, 0.2) is 0 Å². The van der Waals surface area contributed by atoms with Crippen molar-refractivity contribution >= 4 is 11.8 Å². The van der Waals surface area contributed by atoms with Gasteiger partial charge in [0.25, 0.3) is 11.8 Å². The van der Waals surface area contributed by atoms with E-state index in [1.54, 1.807) is 12.1 Å². The first-order valence-electron chi connectivity index (χ1n) is 9.98. The quantitative estimate of drug-likeness (QED) is 0.336. The van der Waals surface area contributed by atoms with E-state index in [1.807, 2.05) is 12.1 Å². The third-order valence-electron chi connectivity index (χ3n) is 5.00. The van der Waals surface area contributed by atoms with Gasteiger partial charge < -0.3 is 0 Å². The summed E-state index contributed by atoms with van der Waals surface area (Å²) in [5.41, 5.74) is 1.12. The van der Waals surface area contributed by atoms with E-state index in [9.17, 15) is 9.59 Å². The molecule has 3 nitrogen and oxygen atoms in total. The Balaban J connectivity index is 1.49. The van der Waals surface area contributed by atoms with Crippen LogP contribution in [-0.4, -0.2) is 23.3 Å². The van der Waals surface area contributed by atoms with Gasteiger partial charge in [0, 0.05) is 6.54 Å². The molecule has 1 aliphatic rings. The minimum absolute atomic E-state index is 0.124. The molecule has 0 aliphatic carbocycles. The number of carbonyl (C=O) groups is 2. The average molecular weight is 343 g/mol. The van der Waals surface area contributed by atoms with Crippen LogP contribution < -0.4 is 0 Å². The molecule has 1 heterocycles. The van der Waals surface area contributed by atoms with Gasteiger partial charge in [-0.1, -0.05) is 83.3 Å². The molecule has 0 saturated carbocycles. The second kappa shape index (κ2) is 11.1. The molecule has 0 unspecified atom stereocenters. The van der Waals surface area contributed by atoms with Crippen molar-refractivity contribution in [3.05, 3.63) is 41.8 Å². The minimum atomic E-state index is -0.124. The largest absolute Gasteiger partial charge is 0.274 e. The van der Waals surface area contributed by atoms with Crippen LogP contribution >= 0.6 is 0 Å². The number of fused-ring (bicyclic) bond motifs is 1. The van der Waals surface area contributed by atoms with E-state index in [0.717, 1.165) is 12.8 Å². The maximum absolute atomic E-state index is 12.2. The summed E-state index contributed by atoms with van der Waals surface area (Å²) in [7, 11) is 0. The second-order valence-corrected chi connectivity index (χ2v) is 7.04. The van der Waals surface area contributed by atoms with E-state index >= 15 is 0 Å².